The number of aromatic nitrogens is 1. The van der Waals surface area contributed by atoms with Crippen LogP contribution in [-0.2, 0) is 0 Å². The molecule has 1 heterocycles. The molecule has 1 amide bonds. The Bertz CT molecular complexity index is 1140. The van der Waals surface area contributed by atoms with Crippen LogP contribution in [0.25, 0.3) is 21.4 Å². The number of fused-ring (bicyclic) bond motifs is 1. The topological polar surface area (TPSA) is 98.6 Å². The van der Waals surface area contributed by atoms with Crippen LogP contribution >= 0.6 is 0 Å². The number of phenols is 1. The first kappa shape index (κ1) is 17.3. The molecule has 1 aromatic heterocycles. The highest BCUT2D eigenvalue weighted by Crippen LogP contribution is 2.39. The molecule has 132 valence electrons. The highest BCUT2D eigenvalue weighted by Gasteiger charge is 2.24. The molecule has 2 aromatic carbocycles. The summed E-state index contributed by atoms with van der Waals surface area (Å²) in [5, 5.41) is 10.5. The van der Waals surface area contributed by atoms with Gasteiger partial charge in [-0.3, -0.25) is 9.36 Å². The largest absolute Gasteiger partial charge is 0.505 e. The van der Waals surface area contributed by atoms with Crippen molar-refractivity contribution in [3.05, 3.63) is 57.7 Å². The van der Waals surface area contributed by atoms with Gasteiger partial charge in [0.2, 0.25) is 0 Å². The third-order valence-electron chi connectivity index (χ3n) is 4.57. The fourth-order valence-corrected chi connectivity index (χ4v) is 3.33. The Balaban J connectivity index is 2.57. The van der Waals surface area contributed by atoms with Crippen LogP contribution in [0.3, 0.4) is 0 Å². The summed E-state index contributed by atoms with van der Waals surface area (Å²) in [6, 6.07) is 4.49. The third kappa shape index (κ3) is 2.27. The van der Waals surface area contributed by atoms with Gasteiger partial charge in [0.25, 0.3) is 5.91 Å². The van der Waals surface area contributed by atoms with E-state index in [4.69, 9.17) is 18.0 Å². The number of nitrogens with zero attached hydrogens (tertiary/aromatic N) is 2. The second kappa shape index (κ2) is 5.77. The van der Waals surface area contributed by atoms with E-state index in [2.05, 4.69) is 4.85 Å². The van der Waals surface area contributed by atoms with E-state index in [0.717, 1.165) is 0 Å². The Labute approximate surface area is 149 Å². The van der Waals surface area contributed by atoms with Gasteiger partial charge in [-0.25, -0.2) is 9.24 Å². The predicted molar refractivity (Wildman–Crippen MR) is 98.3 cm³/mol. The molecule has 0 aliphatic rings. The minimum Gasteiger partial charge on any atom is -0.505 e. The maximum Gasteiger partial charge on any atom is 0.253 e. The van der Waals surface area contributed by atoms with Crippen LogP contribution in [0.4, 0.5) is 15.9 Å². The average molecular weight is 352 g/mol. The van der Waals surface area contributed by atoms with Crippen LogP contribution in [0.15, 0.2) is 18.2 Å². The first-order valence-corrected chi connectivity index (χ1v) is 7.79. The number of primary amides is 1. The van der Waals surface area contributed by atoms with Crippen molar-refractivity contribution < 1.29 is 14.3 Å². The summed E-state index contributed by atoms with van der Waals surface area (Å²) in [4.78, 5) is 15.5. The first-order valence-electron chi connectivity index (χ1n) is 7.79. The van der Waals surface area contributed by atoms with Crippen LogP contribution in [0, 0.1) is 33.2 Å². The van der Waals surface area contributed by atoms with Crippen molar-refractivity contribution >= 4 is 28.3 Å². The molecular formula is C19H17FN4O2. The number of nitrogen functional groups attached to an aromatic ring is 1. The molecule has 0 atom stereocenters. The molecule has 0 spiro atoms. The van der Waals surface area contributed by atoms with E-state index in [-0.39, 0.29) is 16.9 Å². The molecule has 3 rings (SSSR count). The van der Waals surface area contributed by atoms with E-state index < -0.39 is 17.5 Å². The number of carbonyl (C=O) groups is 1. The van der Waals surface area contributed by atoms with Crippen LogP contribution < -0.4 is 11.5 Å². The zero-order valence-corrected chi connectivity index (χ0v) is 14.5. The van der Waals surface area contributed by atoms with E-state index in [1.807, 2.05) is 0 Å². The van der Waals surface area contributed by atoms with Gasteiger partial charge >= 0.3 is 0 Å². The zero-order chi connectivity index (χ0) is 19.3. The second-order valence-electron chi connectivity index (χ2n) is 6.23. The summed E-state index contributed by atoms with van der Waals surface area (Å²) in [7, 11) is 0. The van der Waals surface area contributed by atoms with Crippen LogP contribution in [0.2, 0.25) is 0 Å². The number of nitrogens with two attached hydrogens (primary N) is 2. The maximum atomic E-state index is 13.9. The Morgan fingerprint density at radius 1 is 1.23 bits per heavy atom. The lowest BCUT2D eigenvalue weighted by Crippen LogP contribution is -2.14. The lowest BCUT2D eigenvalue weighted by Gasteiger charge is -2.16. The van der Waals surface area contributed by atoms with Crippen LogP contribution in [0.1, 0.15) is 27.0 Å². The van der Waals surface area contributed by atoms with Gasteiger partial charge in [-0.15, -0.1) is 0 Å². The van der Waals surface area contributed by atoms with Crippen molar-refractivity contribution in [1.82, 2.24) is 4.57 Å². The SMILES string of the molecule is [C-]#[N+]c1cc2c(cc1C)c(C(N)=O)c(N)n2-c1c(C)cc(F)c(O)c1C. The van der Waals surface area contributed by atoms with E-state index in [9.17, 15) is 14.3 Å². The molecule has 0 aliphatic heterocycles. The number of halogens is 1. The number of aromatic hydroxyl groups is 1. The number of anilines is 1. The van der Waals surface area contributed by atoms with Crippen molar-refractivity contribution in [1.29, 1.82) is 0 Å². The van der Waals surface area contributed by atoms with E-state index in [0.29, 0.717) is 33.4 Å². The third-order valence-corrected chi connectivity index (χ3v) is 4.57. The Kier molecular flexibility index (Phi) is 3.84. The number of aryl methyl sites for hydroxylation is 2. The number of amides is 1. The highest BCUT2D eigenvalue weighted by atomic mass is 19.1. The van der Waals surface area contributed by atoms with Crippen molar-refractivity contribution in [3.8, 4) is 11.4 Å². The predicted octanol–water partition coefficient (Wildman–Crippen LogP) is 3.63. The van der Waals surface area contributed by atoms with Crippen LogP contribution in [-0.4, -0.2) is 15.6 Å². The quantitative estimate of drug-likeness (QED) is 0.614. The Morgan fingerprint density at radius 3 is 2.46 bits per heavy atom. The molecule has 0 fully saturated rings. The van der Waals surface area contributed by atoms with Crippen molar-refractivity contribution in [2.24, 2.45) is 5.73 Å². The summed E-state index contributed by atoms with van der Waals surface area (Å²) in [6.45, 7) is 12.3. The van der Waals surface area contributed by atoms with E-state index >= 15 is 0 Å². The van der Waals surface area contributed by atoms with Crippen molar-refractivity contribution in [2.75, 3.05) is 5.73 Å². The van der Waals surface area contributed by atoms with E-state index in [1.165, 1.54) is 10.6 Å². The van der Waals surface area contributed by atoms with E-state index in [1.54, 1.807) is 32.9 Å². The van der Waals surface area contributed by atoms with Gasteiger partial charge in [-0.1, -0.05) is 6.07 Å². The molecule has 0 aliphatic carbocycles. The van der Waals surface area contributed by atoms with Gasteiger partial charge in [0.05, 0.1) is 17.8 Å². The van der Waals surface area contributed by atoms with Gasteiger partial charge in [0.1, 0.15) is 5.82 Å². The maximum absolute atomic E-state index is 13.9. The molecule has 0 saturated carbocycles. The average Bonchev–Trinajstić information content (AvgIpc) is 2.83. The summed E-state index contributed by atoms with van der Waals surface area (Å²) in [6.07, 6.45) is 0. The Hall–Kier alpha value is -3.53. The number of benzene rings is 2. The monoisotopic (exact) mass is 352 g/mol. The standard InChI is InChI=1S/C19H17FN4O2/c1-8-5-11-14(7-13(8)23-4)24(18(21)15(11)19(22)26)16-9(2)6-12(20)17(25)10(16)3/h5-7,25H,21H2,1-3H3,(H2,22,26). The summed E-state index contributed by atoms with van der Waals surface area (Å²) < 4.78 is 15.4. The van der Waals surface area contributed by atoms with Gasteiger partial charge in [-0.2, -0.15) is 0 Å². The number of hydrogen-bond acceptors (Lipinski definition) is 3. The normalized spacial score (nSPS) is 10.9. The van der Waals surface area contributed by atoms with Gasteiger partial charge in [0, 0.05) is 16.5 Å². The van der Waals surface area contributed by atoms with Crippen molar-refractivity contribution in [2.45, 2.75) is 20.8 Å². The fourth-order valence-electron chi connectivity index (χ4n) is 3.33. The smallest absolute Gasteiger partial charge is 0.253 e. The number of phenolic OH excluding ortho intramolecular Hbond substituents is 1. The lowest BCUT2D eigenvalue weighted by atomic mass is 10.1. The minimum absolute atomic E-state index is 0.0752. The lowest BCUT2D eigenvalue weighted by molar-refractivity contribution is 0.100. The van der Waals surface area contributed by atoms with Crippen molar-refractivity contribution in [3.63, 3.8) is 0 Å². The molecule has 0 bridgehead atoms. The number of rotatable bonds is 2. The molecule has 0 radical (unpaired) electrons. The molecule has 26 heavy (non-hydrogen) atoms. The molecule has 0 unspecified atom stereocenters. The molecule has 3 aromatic rings. The molecule has 5 N–H and O–H groups in total. The van der Waals surface area contributed by atoms with Gasteiger partial charge < -0.3 is 16.6 Å². The number of carbonyl (C=O) groups excluding carboxylic acids is 1. The van der Waals surface area contributed by atoms with Gasteiger partial charge in [-0.05, 0) is 44.0 Å². The Morgan fingerprint density at radius 2 is 1.88 bits per heavy atom. The first-order chi connectivity index (χ1) is 12.2. The van der Waals surface area contributed by atoms with Crippen LogP contribution in [0.5, 0.6) is 5.75 Å². The second-order valence-corrected chi connectivity index (χ2v) is 6.23. The minimum atomic E-state index is -0.744. The zero-order valence-electron chi connectivity index (χ0n) is 14.5. The molecule has 0 saturated heterocycles. The van der Waals surface area contributed by atoms with Gasteiger partial charge in [0.15, 0.2) is 17.3 Å². The molecule has 7 heteroatoms. The fraction of sp³-hybridized carbons (Fsp3) is 0.158. The summed E-state index contributed by atoms with van der Waals surface area (Å²) in [5.74, 6) is -1.87. The molecule has 6 nitrogen and oxygen atoms in total. The highest BCUT2D eigenvalue weighted by molar-refractivity contribution is 6.12. The summed E-state index contributed by atoms with van der Waals surface area (Å²) in [5.41, 5.74) is 14.7. The number of hydrogen-bond donors (Lipinski definition) is 3. The summed E-state index contributed by atoms with van der Waals surface area (Å²) >= 11 is 0. The molecular weight excluding hydrogens is 335 g/mol.